The molecule has 2 aromatic heterocycles. The minimum Gasteiger partial charge on any atom is -0.444 e. The molecule has 0 aliphatic carbocycles. The highest BCUT2D eigenvalue weighted by atomic mass is 19.4. The van der Waals surface area contributed by atoms with E-state index >= 15 is 0 Å². The molecule has 1 atom stereocenters. The van der Waals surface area contributed by atoms with Crippen LogP contribution in [-0.4, -0.2) is 56.2 Å². The number of anilines is 2. The van der Waals surface area contributed by atoms with E-state index in [4.69, 9.17) is 4.74 Å². The maximum atomic E-state index is 13.8. The van der Waals surface area contributed by atoms with Crippen LogP contribution in [0, 0.1) is 5.41 Å². The number of hydrogen-bond donors (Lipinski definition) is 2. The van der Waals surface area contributed by atoms with E-state index in [1.165, 1.54) is 17.0 Å². The molecule has 2 N–H and O–H groups in total. The topological polar surface area (TPSA) is 123 Å². The highest BCUT2D eigenvalue weighted by Crippen LogP contribution is 2.36. The number of carbonyl (C=O) groups excluding carboxylic acids is 3. The Kier molecular flexibility index (Phi) is 8.58. The van der Waals surface area contributed by atoms with E-state index in [0.717, 1.165) is 12.1 Å². The molecule has 4 aromatic rings. The number of alkyl halides is 3. The number of nitrogens with one attached hydrogen (secondary N) is 2. The van der Waals surface area contributed by atoms with Crippen molar-refractivity contribution in [3.63, 3.8) is 0 Å². The third kappa shape index (κ3) is 7.26. The van der Waals surface area contributed by atoms with Crippen LogP contribution < -0.4 is 15.5 Å². The molecule has 0 unspecified atom stereocenters. The van der Waals surface area contributed by atoms with E-state index in [1.54, 1.807) is 55.5 Å². The zero-order valence-electron chi connectivity index (χ0n) is 27.3. The van der Waals surface area contributed by atoms with E-state index < -0.39 is 28.8 Å². The molecule has 0 saturated heterocycles. The summed E-state index contributed by atoms with van der Waals surface area (Å²) in [5.74, 6) is -0.291. The number of fused-ring (bicyclic) bond motifs is 2. The van der Waals surface area contributed by atoms with Gasteiger partial charge < -0.3 is 20.3 Å². The van der Waals surface area contributed by atoms with Gasteiger partial charge in [0.05, 0.1) is 23.3 Å². The van der Waals surface area contributed by atoms with Gasteiger partial charge in [-0.2, -0.15) is 23.4 Å². The van der Waals surface area contributed by atoms with Crippen LogP contribution >= 0.6 is 0 Å². The van der Waals surface area contributed by atoms with E-state index in [2.05, 4.69) is 20.8 Å². The van der Waals surface area contributed by atoms with Crippen LogP contribution in [0.3, 0.4) is 0 Å². The number of benzene rings is 2. The number of hydrogen-bond acceptors (Lipinski definition) is 6. The lowest BCUT2D eigenvalue weighted by Gasteiger charge is -2.32. The van der Waals surface area contributed by atoms with E-state index in [-0.39, 0.29) is 37.4 Å². The highest BCUT2D eigenvalue weighted by molar-refractivity contribution is 6.10. The largest absolute Gasteiger partial charge is 0.444 e. The normalized spacial score (nSPS) is 15.5. The Bertz CT molecular complexity index is 1840. The Morgan fingerprint density at radius 1 is 1.04 bits per heavy atom. The first-order chi connectivity index (χ1) is 21.8. The van der Waals surface area contributed by atoms with Gasteiger partial charge in [-0.05, 0) is 75.1 Å². The zero-order chi connectivity index (χ0) is 34.5. The Hall–Kier alpha value is -4.88. The van der Waals surface area contributed by atoms with Crippen LogP contribution in [0.25, 0.3) is 22.0 Å². The Labute approximate surface area is 270 Å². The third-order valence-electron chi connectivity index (χ3n) is 7.78. The monoisotopic (exact) mass is 653 g/mol. The molecule has 47 heavy (non-hydrogen) atoms. The smallest absolute Gasteiger partial charge is 0.416 e. The first kappa shape index (κ1) is 33.5. The summed E-state index contributed by atoms with van der Waals surface area (Å²) in [5.41, 5.74) is 0.629. The summed E-state index contributed by atoms with van der Waals surface area (Å²) in [6, 6.07) is 9.76. The molecule has 250 valence electrons. The SMILES string of the molecule is C[C@H]1CN(c2ccc(C(F)(F)F)cc2)C(=O)c2c(-c3ccc4c(NC(=O)CC(C)(C)CNC(=O)OC(C)(C)C)nn(C)c4c3)cnn21. The maximum Gasteiger partial charge on any atom is 0.416 e. The fourth-order valence-corrected chi connectivity index (χ4v) is 5.54. The van der Waals surface area contributed by atoms with Crippen LogP contribution in [-0.2, 0) is 22.8 Å². The lowest BCUT2D eigenvalue weighted by molar-refractivity contribution is -0.137. The number of amides is 3. The Balaban J connectivity index is 1.34. The van der Waals surface area contributed by atoms with E-state index in [9.17, 15) is 27.6 Å². The van der Waals surface area contributed by atoms with Crippen LogP contribution in [0.15, 0.2) is 48.7 Å². The molecular formula is C33H38F3N7O4. The van der Waals surface area contributed by atoms with Crippen molar-refractivity contribution in [1.29, 1.82) is 0 Å². The van der Waals surface area contributed by atoms with Crippen molar-refractivity contribution in [2.24, 2.45) is 12.5 Å². The average molecular weight is 654 g/mol. The van der Waals surface area contributed by atoms with Crippen LogP contribution in [0.1, 0.15) is 70.1 Å². The molecular weight excluding hydrogens is 615 g/mol. The summed E-state index contributed by atoms with van der Waals surface area (Å²) in [4.78, 5) is 40.3. The van der Waals surface area contributed by atoms with Crippen molar-refractivity contribution in [2.45, 2.75) is 65.8 Å². The van der Waals surface area contributed by atoms with Gasteiger partial charge in [-0.25, -0.2) is 4.79 Å². The van der Waals surface area contributed by atoms with Crippen molar-refractivity contribution >= 4 is 40.3 Å². The van der Waals surface area contributed by atoms with Gasteiger partial charge in [0.1, 0.15) is 11.3 Å². The number of rotatable bonds is 7. The summed E-state index contributed by atoms with van der Waals surface area (Å²) < 4.78 is 47.9. The molecule has 0 bridgehead atoms. The van der Waals surface area contributed by atoms with Gasteiger partial charge in [-0.3, -0.25) is 19.0 Å². The highest BCUT2D eigenvalue weighted by Gasteiger charge is 2.35. The number of carbonyl (C=O) groups is 3. The molecule has 2 aromatic carbocycles. The van der Waals surface area contributed by atoms with Gasteiger partial charge in [0.25, 0.3) is 5.91 Å². The lowest BCUT2D eigenvalue weighted by Crippen LogP contribution is -2.42. The first-order valence-electron chi connectivity index (χ1n) is 15.1. The van der Waals surface area contributed by atoms with Gasteiger partial charge in [0.2, 0.25) is 5.91 Å². The van der Waals surface area contributed by atoms with Crippen LogP contribution in [0.5, 0.6) is 0 Å². The number of alkyl carbamates (subject to hydrolysis) is 1. The number of aromatic nitrogens is 4. The lowest BCUT2D eigenvalue weighted by atomic mass is 9.89. The predicted molar refractivity (Wildman–Crippen MR) is 171 cm³/mol. The molecule has 3 heterocycles. The fraction of sp³-hybridized carbons (Fsp3) is 0.424. The van der Waals surface area contributed by atoms with Gasteiger partial charge in [-0.15, -0.1) is 0 Å². The van der Waals surface area contributed by atoms with Crippen molar-refractivity contribution in [3.8, 4) is 11.1 Å². The van der Waals surface area contributed by atoms with E-state index in [1.807, 2.05) is 26.8 Å². The molecule has 5 rings (SSSR count). The second-order valence-electron chi connectivity index (χ2n) is 13.6. The van der Waals surface area contributed by atoms with Crippen molar-refractivity contribution in [1.82, 2.24) is 24.9 Å². The molecule has 3 amide bonds. The molecule has 1 aliphatic rings. The minimum atomic E-state index is -4.48. The van der Waals surface area contributed by atoms with Gasteiger partial charge in [-0.1, -0.05) is 19.9 Å². The Morgan fingerprint density at radius 3 is 2.36 bits per heavy atom. The van der Waals surface area contributed by atoms with E-state index in [0.29, 0.717) is 39.2 Å². The van der Waals surface area contributed by atoms with Crippen molar-refractivity contribution in [3.05, 3.63) is 59.9 Å². The Morgan fingerprint density at radius 2 is 1.72 bits per heavy atom. The summed E-state index contributed by atoms with van der Waals surface area (Å²) in [5, 5.41) is 15.3. The van der Waals surface area contributed by atoms with Crippen molar-refractivity contribution in [2.75, 3.05) is 23.3 Å². The fourth-order valence-electron chi connectivity index (χ4n) is 5.54. The van der Waals surface area contributed by atoms with Crippen LogP contribution in [0.2, 0.25) is 0 Å². The number of ether oxygens (including phenoxy) is 1. The molecule has 14 heteroatoms. The van der Waals surface area contributed by atoms with Crippen LogP contribution in [0.4, 0.5) is 29.5 Å². The predicted octanol–water partition coefficient (Wildman–Crippen LogP) is 6.56. The molecule has 1 aliphatic heterocycles. The standard InChI is InChI=1S/C33H38F3N7O4/c1-19-17-42(22-11-9-21(10-12-22)33(34,35)36)29(45)27-24(16-38-43(19)27)20-8-13-23-25(14-20)41(7)40-28(23)39-26(44)15-32(5,6)18-37-30(46)47-31(2,3)4/h8-14,16,19H,15,17-18H2,1-7H3,(H,37,46)(H,39,40,44)/t19-/m0/s1. The molecule has 11 nitrogen and oxygen atoms in total. The molecule has 0 spiro atoms. The number of nitrogens with zero attached hydrogens (tertiary/aromatic N) is 5. The van der Waals surface area contributed by atoms with Crippen molar-refractivity contribution < 1.29 is 32.3 Å². The molecule has 0 fully saturated rings. The number of aryl methyl sites for hydroxylation is 1. The molecule has 0 saturated carbocycles. The summed E-state index contributed by atoms with van der Waals surface area (Å²) >= 11 is 0. The maximum absolute atomic E-state index is 13.8. The summed E-state index contributed by atoms with van der Waals surface area (Å²) in [6.07, 6.45) is -3.32. The third-order valence-corrected chi connectivity index (χ3v) is 7.78. The second kappa shape index (κ2) is 12.0. The van der Waals surface area contributed by atoms with Gasteiger partial charge in [0, 0.05) is 43.2 Å². The minimum absolute atomic E-state index is 0.108. The van der Waals surface area contributed by atoms with Gasteiger partial charge >= 0.3 is 12.3 Å². The van der Waals surface area contributed by atoms with Gasteiger partial charge in [0.15, 0.2) is 5.82 Å². The first-order valence-corrected chi connectivity index (χ1v) is 15.1. The molecule has 0 radical (unpaired) electrons. The quantitative estimate of drug-likeness (QED) is 0.233. The zero-order valence-corrected chi connectivity index (χ0v) is 27.3. The second-order valence-corrected chi connectivity index (χ2v) is 13.6. The average Bonchev–Trinajstić information content (AvgIpc) is 3.54. The summed E-state index contributed by atoms with van der Waals surface area (Å²) in [7, 11) is 1.74. The number of halogens is 3. The summed E-state index contributed by atoms with van der Waals surface area (Å²) in [6.45, 7) is 11.4.